The van der Waals surface area contributed by atoms with E-state index in [0.717, 1.165) is 78.0 Å². The number of para-hydroxylation sites is 4. The van der Waals surface area contributed by atoms with Crippen molar-refractivity contribution in [3.63, 3.8) is 0 Å². The minimum Gasteiger partial charge on any atom is -0.454 e. The van der Waals surface area contributed by atoms with Gasteiger partial charge in [-0.05, 0) is 109 Å². The summed E-state index contributed by atoms with van der Waals surface area (Å²) in [6.07, 6.45) is 6.48. The van der Waals surface area contributed by atoms with Crippen molar-refractivity contribution in [1.29, 1.82) is 0 Å². The van der Waals surface area contributed by atoms with Crippen molar-refractivity contribution in [2.75, 3.05) is 9.80 Å². The summed E-state index contributed by atoms with van der Waals surface area (Å²) < 4.78 is 13.7. The standard InChI is InChI=1S/C60H46N2O2/c1-37-22-28-43(29-23-37)61(51-18-10-16-47-45-14-6-8-20-55(45)63-59(47)51)53-36-54(50-33-27-41-35-42(39-12-4-3-5-13-39)34-40-26-32-49(53)58(50)57(40)41)62(44-30-24-38(2)25-31-44)52-19-11-17-48-46-15-7-9-21-56(46)64-60(48)52/h6-11,14-36,39H,3-5,12-13H2,1-2H3. The van der Waals surface area contributed by atoms with Crippen LogP contribution < -0.4 is 9.80 Å². The van der Waals surface area contributed by atoms with Crippen LogP contribution in [0, 0.1) is 13.8 Å². The lowest BCUT2D eigenvalue weighted by Gasteiger charge is -2.32. The molecule has 0 atom stereocenters. The quantitative estimate of drug-likeness (QED) is 0.150. The highest BCUT2D eigenvalue weighted by Gasteiger charge is 2.28. The molecule has 12 aromatic rings. The molecule has 13 rings (SSSR count). The van der Waals surface area contributed by atoms with Gasteiger partial charge in [0.1, 0.15) is 11.2 Å². The minimum absolute atomic E-state index is 0.601. The Morgan fingerprint density at radius 2 is 0.859 bits per heavy atom. The van der Waals surface area contributed by atoms with E-state index in [9.17, 15) is 0 Å². The predicted octanol–water partition coefficient (Wildman–Crippen LogP) is 18.0. The Morgan fingerprint density at radius 1 is 0.391 bits per heavy atom. The molecule has 4 heteroatoms. The molecule has 1 aliphatic rings. The number of anilines is 6. The maximum absolute atomic E-state index is 6.87. The van der Waals surface area contributed by atoms with E-state index in [-0.39, 0.29) is 0 Å². The third-order valence-corrected chi connectivity index (χ3v) is 14.1. The van der Waals surface area contributed by atoms with Crippen LogP contribution >= 0.6 is 0 Å². The molecule has 0 bridgehead atoms. The Kier molecular flexibility index (Phi) is 8.39. The topological polar surface area (TPSA) is 32.8 Å². The molecule has 0 spiro atoms. The van der Waals surface area contributed by atoms with Gasteiger partial charge in [-0.2, -0.15) is 0 Å². The average molecular weight is 827 g/mol. The van der Waals surface area contributed by atoms with Crippen LogP contribution in [0.4, 0.5) is 34.1 Å². The van der Waals surface area contributed by atoms with Gasteiger partial charge in [0.15, 0.2) is 11.2 Å². The normalized spacial score (nSPS) is 13.7. The SMILES string of the molecule is Cc1ccc(N(c2cc(N(c3ccc(C)cc3)c3cccc4c3oc3ccccc34)c3ccc4cc(C5CCCCC5)cc5ccc2c3c54)c2cccc3c2oc2ccccc23)cc1. The van der Waals surface area contributed by atoms with Crippen molar-refractivity contribution in [3.8, 4) is 0 Å². The van der Waals surface area contributed by atoms with Gasteiger partial charge in [0.2, 0.25) is 0 Å². The maximum Gasteiger partial charge on any atom is 0.159 e. The van der Waals surface area contributed by atoms with Crippen molar-refractivity contribution >= 4 is 110 Å². The monoisotopic (exact) mass is 826 g/mol. The summed E-state index contributed by atoms with van der Waals surface area (Å²) in [7, 11) is 0. The first-order valence-corrected chi connectivity index (χ1v) is 22.9. The molecule has 0 amide bonds. The van der Waals surface area contributed by atoms with Crippen molar-refractivity contribution in [3.05, 3.63) is 193 Å². The fourth-order valence-electron chi connectivity index (χ4n) is 11.0. The molecule has 64 heavy (non-hydrogen) atoms. The van der Waals surface area contributed by atoms with Crippen LogP contribution in [0.25, 0.3) is 76.2 Å². The average Bonchev–Trinajstić information content (AvgIpc) is 3.92. The van der Waals surface area contributed by atoms with Crippen molar-refractivity contribution in [2.24, 2.45) is 0 Å². The van der Waals surface area contributed by atoms with Gasteiger partial charge < -0.3 is 18.6 Å². The Bertz CT molecular complexity index is 3510. The number of aryl methyl sites for hydroxylation is 2. The van der Waals surface area contributed by atoms with Crippen LogP contribution in [0.2, 0.25) is 0 Å². The number of hydrogen-bond acceptors (Lipinski definition) is 4. The molecule has 0 aliphatic heterocycles. The lowest BCUT2D eigenvalue weighted by Crippen LogP contribution is -2.15. The molecule has 2 heterocycles. The highest BCUT2D eigenvalue weighted by molar-refractivity contribution is 6.29. The number of furan rings is 2. The smallest absolute Gasteiger partial charge is 0.159 e. The van der Waals surface area contributed by atoms with Gasteiger partial charge in [0.05, 0.1) is 22.7 Å². The third kappa shape index (κ3) is 5.75. The van der Waals surface area contributed by atoms with Gasteiger partial charge in [-0.25, -0.2) is 0 Å². The van der Waals surface area contributed by atoms with E-state index in [4.69, 9.17) is 8.83 Å². The van der Waals surface area contributed by atoms with Crippen LogP contribution in [0.15, 0.2) is 185 Å². The van der Waals surface area contributed by atoms with Gasteiger partial charge in [-0.3, -0.25) is 0 Å². The van der Waals surface area contributed by atoms with E-state index < -0.39 is 0 Å². The molecule has 0 saturated heterocycles. The Balaban J connectivity index is 1.17. The fraction of sp³-hybridized carbons (Fsp3) is 0.133. The van der Waals surface area contributed by atoms with Crippen molar-refractivity contribution < 1.29 is 8.83 Å². The molecule has 10 aromatic carbocycles. The molecule has 0 radical (unpaired) electrons. The van der Waals surface area contributed by atoms with E-state index in [1.165, 1.54) is 81.1 Å². The number of fused-ring (bicyclic) bond motifs is 6. The number of benzene rings is 10. The van der Waals surface area contributed by atoms with E-state index >= 15 is 0 Å². The van der Waals surface area contributed by atoms with Gasteiger partial charge in [-0.1, -0.05) is 152 Å². The molecule has 308 valence electrons. The van der Waals surface area contributed by atoms with E-state index in [1.807, 2.05) is 0 Å². The van der Waals surface area contributed by atoms with Crippen LogP contribution in [0.5, 0.6) is 0 Å². The second-order valence-electron chi connectivity index (χ2n) is 18.0. The number of rotatable bonds is 7. The van der Waals surface area contributed by atoms with E-state index in [0.29, 0.717) is 5.92 Å². The lowest BCUT2D eigenvalue weighted by atomic mass is 9.82. The molecule has 1 fully saturated rings. The zero-order valence-electron chi connectivity index (χ0n) is 36.1. The molecule has 4 nitrogen and oxygen atoms in total. The van der Waals surface area contributed by atoms with E-state index in [1.54, 1.807) is 0 Å². The van der Waals surface area contributed by atoms with Gasteiger partial charge in [0, 0.05) is 49.1 Å². The first kappa shape index (κ1) is 37.0. The lowest BCUT2D eigenvalue weighted by molar-refractivity contribution is 0.444. The van der Waals surface area contributed by atoms with Gasteiger partial charge in [-0.15, -0.1) is 0 Å². The minimum atomic E-state index is 0.601. The number of nitrogens with zero attached hydrogens (tertiary/aromatic N) is 2. The van der Waals surface area contributed by atoms with Crippen LogP contribution in [0.1, 0.15) is 54.7 Å². The highest BCUT2D eigenvalue weighted by Crippen LogP contribution is 2.53. The second kappa shape index (κ2) is 14.5. The van der Waals surface area contributed by atoms with Crippen LogP contribution in [0.3, 0.4) is 0 Å². The molecule has 0 unspecified atom stereocenters. The Hall–Kier alpha value is -7.56. The highest BCUT2D eigenvalue weighted by atomic mass is 16.3. The fourth-order valence-corrected chi connectivity index (χ4v) is 11.0. The molecule has 2 aromatic heterocycles. The van der Waals surface area contributed by atoms with Crippen LogP contribution in [-0.4, -0.2) is 0 Å². The molecular formula is C60H46N2O2. The zero-order valence-corrected chi connectivity index (χ0v) is 36.1. The van der Waals surface area contributed by atoms with E-state index in [2.05, 4.69) is 200 Å². The summed E-state index contributed by atoms with van der Waals surface area (Å²) in [5.41, 5.74) is 13.6. The van der Waals surface area contributed by atoms with Crippen LogP contribution in [-0.2, 0) is 0 Å². The first-order chi connectivity index (χ1) is 31.6. The summed E-state index contributed by atoms with van der Waals surface area (Å²) in [5.74, 6) is 0.601. The molecule has 1 aliphatic carbocycles. The summed E-state index contributed by atoms with van der Waals surface area (Å²) in [4.78, 5) is 4.87. The van der Waals surface area contributed by atoms with Crippen molar-refractivity contribution in [2.45, 2.75) is 51.9 Å². The molecule has 1 saturated carbocycles. The molecular weight excluding hydrogens is 781 g/mol. The zero-order chi connectivity index (χ0) is 42.5. The second-order valence-corrected chi connectivity index (χ2v) is 18.0. The maximum atomic E-state index is 6.87. The summed E-state index contributed by atoms with van der Waals surface area (Å²) in [5, 5.41) is 11.9. The third-order valence-electron chi connectivity index (χ3n) is 14.1. The van der Waals surface area contributed by atoms with Crippen molar-refractivity contribution in [1.82, 2.24) is 0 Å². The number of hydrogen-bond donors (Lipinski definition) is 0. The van der Waals surface area contributed by atoms with Gasteiger partial charge >= 0.3 is 0 Å². The van der Waals surface area contributed by atoms with Gasteiger partial charge in [0.25, 0.3) is 0 Å². The molecule has 0 N–H and O–H groups in total. The summed E-state index contributed by atoms with van der Waals surface area (Å²) >= 11 is 0. The predicted molar refractivity (Wildman–Crippen MR) is 269 cm³/mol. The first-order valence-electron chi connectivity index (χ1n) is 22.9. The Labute approximate surface area is 371 Å². The summed E-state index contributed by atoms with van der Waals surface area (Å²) in [6.45, 7) is 4.31. The Morgan fingerprint density at radius 3 is 1.36 bits per heavy atom. The largest absolute Gasteiger partial charge is 0.454 e. The summed E-state index contributed by atoms with van der Waals surface area (Å²) in [6, 6.07) is 64.7.